The minimum absolute atomic E-state index is 0. The molecule has 4 heterocycles. The quantitative estimate of drug-likeness (QED) is 0.290. The van der Waals surface area contributed by atoms with Crippen LogP contribution in [0.3, 0.4) is 0 Å². The topological polar surface area (TPSA) is 100 Å². The molecule has 2 aromatic rings. The van der Waals surface area contributed by atoms with Gasteiger partial charge in [0.15, 0.2) is 0 Å². The predicted molar refractivity (Wildman–Crippen MR) is 200 cm³/mol. The smallest absolute Gasteiger partial charge is 0.410 e. The number of nitrogens with zero attached hydrogens (tertiary/aromatic N) is 5. The summed E-state index contributed by atoms with van der Waals surface area (Å²) >= 11 is 0. The third-order valence-electron chi connectivity index (χ3n) is 11.7. The molecule has 1 aromatic heterocycles. The molecule has 10 nitrogen and oxygen atoms in total. The van der Waals surface area contributed by atoms with Crippen molar-refractivity contribution < 1.29 is 19.1 Å². The normalized spacial score (nSPS) is 21.8. The number of hydrogen-bond acceptors (Lipinski definition) is 6. The Balaban J connectivity index is 0.00000281. The molecule has 4 fully saturated rings. The fourth-order valence-electron chi connectivity index (χ4n) is 8.62. The molecule has 278 valence electrons. The number of halogens is 2. The first kappa shape index (κ1) is 40.0. The second-order valence-corrected chi connectivity index (χ2v) is 14.8. The number of carbonyl (C=O) groups is 3. The molecule has 1 atom stereocenters. The lowest BCUT2D eigenvalue weighted by Crippen LogP contribution is -2.73. The van der Waals surface area contributed by atoms with E-state index in [9.17, 15) is 14.4 Å². The number of likely N-dealkylation sites (tertiary alicyclic amines) is 2. The van der Waals surface area contributed by atoms with E-state index in [1.54, 1.807) is 0 Å². The van der Waals surface area contributed by atoms with Crippen molar-refractivity contribution >= 4 is 42.7 Å². The molecule has 0 bridgehead atoms. The van der Waals surface area contributed by atoms with Crippen LogP contribution < -0.4 is 5.32 Å². The molecule has 1 spiro atoms. The first-order valence-corrected chi connectivity index (χ1v) is 18.6. The van der Waals surface area contributed by atoms with Crippen molar-refractivity contribution in [1.29, 1.82) is 0 Å². The van der Waals surface area contributed by atoms with Gasteiger partial charge in [0, 0.05) is 50.5 Å². The van der Waals surface area contributed by atoms with E-state index < -0.39 is 5.54 Å². The van der Waals surface area contributed by atoms with Crippen molar-refractivity contribution in [3.05, 3.63) is 52.8 Å². The van der Waals surface area contributed by atoms with Gasteiger partial charge in [-0.3, -0.25) is 19.2 Å². The average Bonchev–Trinajstić information content (AvgIpc) is 3.39. The maximum Gasteiger partial charge on any atom is 0.410 e. The van der Waals surface area contributed by atoms with Gasteiger partial charge in [0.05, 0.1) is 11.7 Å². The van der Waals surface area contributed by atoms with Crippen LogP contribution >= 0.6 is 24.8 Å². The van der Waals surface area contributed by atoms with Gasteiger partial charge in [-0.1, -0.05) is 75.8 Å². The molecule has 0 radical (unpaired) electrons. The van der Waals surface area contributed by atoms with E-state index in [0.717, 1.165) is 63.0 Å². The number of amides is 3. The van der Waals surface area contributed by atoms with Gasteiger partial charge in [0.2, 0.25) is 11.8 Å². The molecule has 6 rings (SSSR count). The minimum Gasteiger partial charge on any atom is -0.445 e. The zero-order chi connectivity index (χ0) is 33.7. The van der Waals surface area contributed by atoms with Gasteiger partial charge in [-0.2, -0.15) is 5.10 Å². The Morgan fingerprint density at radius 2 is 1.64 bits per heavy atom. The highest BCUT2D eigenvalue weighted by Gasteiger charge is 2.53. The van der Waals surface area contributed by atoms with E-state index >= 15 is 0 Å². The summed E-state index contributed by atoms with van der Waals surface area (Å²) in [6.07, 6.45) is 11.6. The Labute approximate surface area is 310 Å². The summed E-state index contributed by atoms with van der Waals surface area (Å²) in [5.41, 5.74) is 3.71. The Hall–Kier alpha value is -2.82. The Morgan fingerprint density at radius 1 is 0.960 bits per heavy atom. The summed E-state index contributed by atoms with van der Waals surface area (Å²) in [6, 6.07) is 9.65. The second-order valence-electron chi connectivity index (χ2n) is 14.8. The van der Waals surface area contributed by atoms with Crippen molar-refractivity contribution in [2.75, 3.05) is 32.7 Å². The summed E-state index contributed by atoms with van der Waals surface area (Å²) in [4.78, 5) is 46.8. The SMILES string of the molecule is CCCCN1C(=O)[C@H](CC2CCCCC2)NC(=O)C12CCN(Cc1c(C)nn(C3CCN(C(=O)OCc4ccccc4)CC3)c1C)CC2.Cl.Cl. The lowest BCUT2D eigenvalue weighted by Gasteiger charge is -2.52. The van der Waals surface area contributed by atoms with Crippen molar-refractivity contribution in [2.45, 2.75) is 129 Å². The number of benzene rings is 1. The molecule has 1 N–H and O–H groups in total. The summed E-state index contributed by atoms with van der Waals surface area (Å²) in [7, 11) is 0. The van der Waals surface area contributed by atoms with Crippen LogP contribution in [0.4, 0.5) is 4.79 Å². The molecule has 3 amide bonds. The lowest BCUT2D eigenvalue weighted by molar-refractivity contribution is -0.162. The maximum absolute atomic E-state index is 13.9. The molecule has 1 aliphatic carbocycles. The fraction of sp³-hybridized carbons (Fsp3) is 0.684. The molecule has 3 aliphatic heterocycles. The molecular formula is C38H58Cl2N6O4. The maximum atomic E-state index is 13.9. The Kier molecular flexibility index (Phi) is 14.5. The van der Waals surface area contributed by atoms with Gasteiger partial charge in [-0.25, -0.2) is 4.79 Å². The second kappa shape index (κ2) is 18.1. The molecule has 12 heteroatoms. The number of carbonyl (C=O) groups excluding carboxylic acids is 3. The van der Waals surface area contributed by atoms with Gasteiger partial charge in [-0.05, 0) is 63.9 Å². The van der Waals surface area contributed by atoms with Gasteiger partial charge in [0.1, 0.15) is 18.2 Å². The van der Waals surface area contributed by atoms with E-state index in [0.29, 0.717) is 38.4 Å². The van der Waals surface area contributed by atoms with Gasteiger partial charge >= 0.3 is 6.09 Å². The lowest BCUT2D eigenvalue weighted by atomic mass is 9.79. The number of hydrogen-bond donors (Lipinski definition) is 1. The summed E-state index contributed by atoms with van der Waals surface area (Å²) in [5, 5.41) is 8.22. The molecular weight excluding hydrogens is 675 g/mol. The number of ether oxygens (including phenoxy) is 1. The largest absolute Gasteiger partial charge is 0.445 e. The van der Waals surface area contributed by atoms with E-state index in [2.05, 4.69) is 35.7 Å². The van der Waals surface area contributed by atoms with Crippen molar-refractivity contribution in [3.8, 4) is 0 Å². The highest BCUT2D eigenvalue weighted by molar-refractivity contribution is 6.00. The first-order valence-electron chi connectivity index (χ1n) is 18.6. The summed E-state index contributed by atoms with van der Waals surface area (Å²) < 4.78 is 7.74. The van der Waals surface area contributed by atoms with Crippen LogP contribution in [0.1, 0.15) is 113 Å². The van der Waals surface area contributed by atoms with Crippen molar-refractivity contribution in [3.63, 3.8) is 0 Å². The van der Waals surface area contributed by atoms with Gasteiger partial charge < -0.3 is 19.9 Å². The van der Waals surface area contributed by atoms with Gasteiger partial charge in [-0.15, -0.1) is 24.8 Å². The third kappa shape index (κ3) is 8.79. The molecule has 1 aromatic carbocycles. The molecule has 4 aliphatic rings. The monoisotopic (exact) mass is 732 g/mol. The molecule has 50 heavy (non-hydrogen) atoms. The van der Waals surface area contributed by atoms with Crippen LogP contribution in [-0.2, 0) is 27.5 Å². The number of aryl methyl sites for hydroxylation is 1. The fourth-order valence-corrected chi connectivity index (χ4v) is 8.62. The molecule has 1 saturated carbocycles. The van der Waals surface area contributed by atoms with Crippen LogP contribution in [0.15, 0.2) is 30.3 Å². The van der Waals surface area contributed by atoms with Crippen LogP contribution in [0.5, 0.6) is 0 Å². The number of piperidine rings is 2. The number of unbranched alkanes of at least 4 members (excludes halogenated alkanes) is 1. The highest BCUT2D eigenvalue weighted by Crippen LogP contribution is 2.37. The Morgan fingerprint density at radius 3 is 2.30 bits per heavy atom. The third-order valence-corrected chi connectivity index (χ3v) is 11.7. The zero-order valence-electron chi connectivity index (χ0n) is 30.2. The van der Waals surface area contributed by atoms with Crippen LogP contribution in [-0.4, -0.2) is 86.7 Å². The molecule has 3 saturated heterocycles. The standard InChI is InChI=1S/C38H56N6O4.2ClH/c1-4-5-20-43-35(45)34(25-30-12-8-6-9-13-30)39-36(46)38(43)18-23-41(24-19-38)26-33-28(2)40-44(29(33)3)32-16-21-42(22-17-32)37(47)48-27-31-14-10-7-11-15-31;;/h7,10-11,14-15,30,32,34H,4-6,8-9,12-13,16-27H2,1-3H3,(H,39,46);2*1H/t34-;;/m0../s1. The van der Waals surface area contributed by atoms with E-state index in [1.807, 2.05) is 40.1 Å². The zero-order valence-corrected chi connectivity index (χ0v) is 31.9. The van der Waals surface area contributed by atoms with E-state index in [4.69, 9.17) is 9.84 Å². The predicted octanol–water partition coefficient (Wildman–Crippen LogP) is 6.75. The Bertz CT molecular complexity index is 1420. The van der Waals surface area contributed by atoms with Crippen molar-refractivity contribution in [1.82, 2.24) is 29.8 Å². The van der Waals surface area contributed by atoms with Crippen LogP contribution in [0, 0.1) is 19.8 Å². The highest BCUT2D eigenvalue weighted by atomic mass is 35.5. The minimum atomic E-state index is -0.740. The number of rotatable bonds is 10. The number of aromatic nitrogens is 2. The first-order chi connectivity index (χ1) is 23.3. The van der Waals surface area contributed by atoms with Crippen LogP contribution in [0.2, 0.25) is 0 Å². The summed E-state index contributed by atoms with van der Waals surface area (Å²) in [6.45, 7) is 11.0. The van der Waals surface area contributed by atoms with Gasteiger partial charge in [0.25, 0.3) is 0 Å². The van der Waals surface area contributed by atoms with Crippen LogP contribution in [0.25, 0.3) is 0 Å². The number of piperazine rings is 1. The number of nitrogens with one attached hydrogen (secondary N) is 1. The van der Waals surface area contributed by atoms with E-state index in [-0.39, 0.29) is 61.4 Å². The summed E-state index contributed by atoms with van der Waals surface area (Å²) in [5.74, 6) is 0.748. The van der Waals surface area contributed by atoms with E-state index in [1.165, 1.54) is 43.4 Å². The average molecular weight is 734 g/mol. The molecule has 0 unspecified atom stereocenters. The van der Waals surface area contributed by atoms with Crippen molar-refractivity contribution in [2.24, 2.45) is 5.92 Å².